The van der Waals surface area contributed by atoms with Gasteiger partial charge in [-0.05, 0) is 82.0 Å². The van der Waals surface area contributed by atoms with Crippen LogP contribution < -0.4 is 0 Å². The molecule has 1 nitrogen and oxygen atoms in total. The molecular formula is C21H38O. The summed E-state index contributed by atoms with van der Waals surface area (Å²) in [5, 5.41) is 0. The van der Waals surface area contributed by atoms with Crippen LogP contribution in [0.3, 0.4) is 0 Å². The van der Waals surface area contributed by atoms with Crippen molar-refractivity contribution in [3.05, 3.63) is 12.2 Å². The molecule has 2 fully saturated rings. The van der Waals surface area contributed by atoms with Gasteiger partial charge in [0.25, 0.3) is 0 Å². The van der Waals surface area contributed by atoms with Crippen molar-refractivity contribution in [2.24, 2.45) is 17.8 Å². The summed E-state index contributed by atoms with van der Waals surface area (Å²) < 4.78 is 6.07. The highest BCUT2D eigenvalue weighted by Gasteiger charge is 2.30. The number of allylic oxidation sites excluding steroid dienone is 2. The molecule has 2 aliphatic rings. The first kappa shape index (κ1) is 18.0. The van der Waals surface area contributed by atoms with Crippen LogP contribution in [0.15, 0.2) is 12.2 Å². The second kappa shape index (κ2) is 10.5. The molecule has 0 unspecified atom stereocenters. The molecule has 22 heavy (non-hydrogen) atoms. The fraction of sp³-hybridized carbons (Fsp3) is 0.905. The van der Waals surface area contributed by atoms with Gasteiger partial charge in [0.1, 0.15) is 0 Å². The molecule has 0 aromatic rings. The molecule has 1 heteroatoms. The number of hydrogen-bond acceptors (Lipinski definition) is 1. The predicted octanol–water partition coefficient (Wildman–Crippen LogP) is 6.52. The van der Waals surface area contributed by atoms with E-state index in [0.717, 1.165) is 24.4 Å². The van der Waals surface area contributed by atoms with Gasteiger partial charge in [0, 0.05) is 6.61 Å². The molecule has 2 aliphatic carbocycles. The third-order valence-electron chi connectivity index (χ3n) is 5.95. The molecule has 0 atom stereocenters. The minimum Gasteiger partial charge on any atom is -0.378 e. The van der Waals surface area contributed by atoms with E-state index in [-0.39, 0.29) is 0 Å². The summed E-state index contributed by atoms with van der Waals surface area (Å²) in [5.41, 5.74) is 0. The maximum absolute atomic E-state index is 6.07. The van der Waals surface area contributed by atoms with Gasteiger partial charge in [-0.2, -0.15) is 0 Å². The molecule has 0 radical (unpaired) electrons. The first-order chi connectivity index (χ1) is 10.8. The highest BCUT2D eigenvalue weighted by molar-refractivity contribution is 4.92. The lowest BCUT2D eigenvalue weighted by atomic mass is 9.70. The van der Waals surface area contributed by atoms with Gasteiger partial charge in [-0.3, -0.25) is 0 Å². The number of ether oxygens (including phenoxy) is 1. The Morgan fingerprint density at radius 3 is 2.05 bits per heavy atom. The maximum atomic E-state index is 6.07. The molecular weight excluding hydrogens is 268 g/mol. The van der Waals surface area contributed by atoms with Gasteiger partial charge < -0.3 is 4.74 Å². The van der Waals surface area contributed by atoms with Gasteiger partial charge in [-0.15, -0.1) is 0 Å². The minimum absolute atomic E-state index is 0.580. The molecule has 2 saturated carbocycles. The summed E-state index contributed by atoms with van der Waals surface area (Å²) in [6.07, 6.45) is 21.8. The van der Waals surface area contributed by atoms with Crippen LogP contribution in [-0.4, -0.2) is 12.7 Å². The lowest BCUT2D eigenvalue weighted by Gasteiger charge is -2.37. The highest BCUT2D eigenvalue weighted by Crippen LogP contribution is 2.40. The zero-order valence-electron chi connectivity index (χ0n) is 15.1. The van der Waals surface area contributed by atoms with Gasteiger partial charge in [0.2, 0.25) is 0 Å². The Balaban J connectivity index is 1.60. The maximum Gasteiger partial charge on any atom is 0.0575 e. The Morgan fingerprint density at radius 2 is 1.45 bits per heavy atom. The van der Waals surface area contributed by atoms with Crippen LogP contribution in [0.1, 0.15) is 90.9 Å². The van der Waals surface area contributed by atoms with E-state index >= 15 is 0 Å². The highest BCUT2D eigenvalue weighted by atomic mass is 16.5. The van der Waals surface area contributed by atoms with Crippen LogP contribution in [0.25, 0.3) is 0 Å². The van der Waals surface area contributed by atoms with E-state index in [9.17, 15) is 0 Å². The van der Waals surface area contributed by atoms with E-state index in [1.165, 1.54) is 77.0 Å². The smallest absolute Gasteiger partial charge is 0.0575 e. The van der Waals surface area contributed by atoms with E-state index < -0.39 is 0 Å². The van der Waals surface area contributed by atoms with Crippen molar-refractivity contribution < 1.29 is 4.74 Å². The van der Waals surface area contributed by atoms with Crippen LogP contribution in [0.2, 0.25) is 0 Å². The average molecular weight is 307 g/mol. The van der Waals surface area contributed by atoms with Crippen LogP contribution in [0, 0.1) is 17.8 Å². The van der Waals surface area contributed by atoms with Crippen LogP contribution >= 0.6 is 0 Å². The Kier molecular flexibility index (Phi) is 8.59. The van der Waals surface area contributed by atoms with Crippen molar-refractivity contribution in [3.63, 3.8) is 0 Å². The van der Waals surface area contributed by atoms with Crippen molar-refractivity contribution in [3.8, 4) is 0 Å². The molecule has 0 aromatic heterocycles. The van der Waals surface area contributed by atoms with Crippen LogP contribution in [-0.2, 0) is 4.74 Å². The van der Waals surface area contributed by atoms with Crippen LogP contribution in [0.4, 0.5) is 0 Å². The summed E-state index contributed by atoms with van der Waals surface area (Å²) in [4.78, 5) is 0. The lowest BCUT2D eigenvalue weighted by molar-refractivity contribution is 0.00606. The summed E-state index contributed by atoms with van der Waals surface area (Å²) in [6, 6.07) is 0. The van der Waals surface area contributed by atoms with Crippen molar-refractivity contribution in [1.82, 2.24) is 0 Å². The fourth-order valence-electron chi connectivity index (χ4n) is 4.47. The molecule has 128 valence electrons. The zero-order chi connectivity index (χ0) is 15.6. The molecule has 0 N–H and O–H groups in total. The Labute approximate surface area is 138 Å². The Hall–Kier alpha value is -0.300. The molecule has 0 amide bonds. The zero-order valence-corrected chi connectivity index (χ0v) is 15.1. The van der Waals surface area contributed by atoms with Gasteiger partial charge in [-0.25, -0.2) is 0 Å². The minimum atomic E-state index is 0.580. The van der Waals surface area contributed by atoms with E-state index in [2.05, 4.69) is 26.0 Å². The SMILES string of the molecule is CCC=C[C@H]1CC[C@H]([C@H]2CC[C@H](OCCCCC)CC2)CC1. The number of hydrogen-bond donors (Lipinski definition) is 0. The van der Waals surface area contributed by atoms with Gasteiger partial charge in [0.05, 0.1) is 6.10 Å². The molecule has 0 heterocycles. The molecule has 0 spiro atoms. The first-order valence-corrected chi connectivity index (χ1v) is 10.1. The first-order valence-electron chi connectivity index (χ1n) is 10.1. The normalized spacial score (nSPS) is 33.4. The average Bonchev–Trinajstić information content (AvgIpc) is 2.58. The third kappa shape index (κ3) is 6.07. The summed E-state index contributed by atoms with van der Waals surface area (Å²) in [7, 11) is 0. The van der Waals surface area contributed by atoms with Gasteiger partial charge in [-0.1, -0.05) is 38.8 Å². The summed E-state index contributed by atoms with van der Waals surface area (Å²) in [5.74, 6) is 2.91. The van der Waals surface area contributed by atoms with Crippen molar-refractivity contribution in [2.75, 3.05) is 6.61 Å². The molecule has 0 aromatic carbocycles. The van der Waals surface area contributed by atoms with E-state index in [4.69, 9.17) is 4.74 Å². The standard InChI is InChI=1S/C21H38O/c1-3-5-7-17-22-21-15-13-20(14-16-21)19-11-9-18(10-12-19)8-6-4-2/h6,8,18-21H,3-5,7,9-17H2,1-2H3/t18-,19-,20-,21-. The molecule has 0 aliphatic heterocycles. The van der Waals surface area contributed by atoms with Gasteiger partial charge >= 0.3 is 0 Å². The van der Waals surface area contributed by atoms with Gasteiger partial charge in [0.15, 0.2) is 0 Å². The van der Waals surface area contributed by atoms with Crippen LogP contribution in [0.5, 0.6) is 0 Å². The monoisotopic (exact) mass is 306 g/mol. The van der Waals surface area contributed by atoms with E-state index in [1.807, 2.05) is 0 Å². The van der Waals surface area contributed by atoms with Crippen molar-refractivity contribution in [2.45, 2.75) is 97.0 Å². The second-order valence-electron chi connectivity index (χ2n) is 7.63. The predicted molar refractivity (Wildman–Crippen MR) is 96.1 cm³/mol. The molecule has 2 rings (SSSR count). The summed E-state index contributed by atoms with van der Waals surface area (Å²) in [6.45, 7) is 5.50. The third-order valence-corrected chi connectivity index (χ3v) is 5.95. The summed E-state index contributed by atoms with van der Waals surface area (Å²) >= 11 is 0. The second-order valence-corrected chi connectivity index (χ2v) is 7.63. The fourth-order valence-corrected chi connectivity index (χ4v) is 4.47. The number of unbranched alkanes of at least 4 members (excludes halogenated alkanes) is 2. The largest absolute Gasteiger partial charge is 0.378 e. The van der Waals surface area contributed by atoms with E-state index in [0.29, 0.717) is 6.10 Å². The topological polar surface area (TPSA) is 9.23 Å². The Bertz CT molecular complexity index is 293. The van der Waals surface area contributed by atoms with Crippen molar-refractivity contribution >= 4 is 0 Å². The molecule has 0 bridgehead atoms. The van der Waals surface area contributed by atoms with E-state index in [1.54, 1.807) is 0 Å². The number of rotatable bonds is 8. The lowest BCUT2D eigenvalue weighted by Crippen LogP contribution is -2.28. The van der Waals surface area contributed by atoms with Crippen molar-refractivity contribution in [1.29, 1.82) is 0 Å². The Morgan fingerprint density at radius 1 is 0.818 bits per heavy atom. The molecule has 0 saturated heterocycles. The quantitative estimate of drug-likeness (QED) is 0.366.